The molecule has 1 unspecified atom stereocenters. The zero-order valence-electron chi connectivity index (χ0n) is 15.1. The summed E-state index contributed by atoms with van der Waals surface area (Å²) in [6, 6.07) is 10.4. The topological polar surface area (TPSA) is 99.1 Å². The summed E-state index contributed by atoms with van der Waals surface area (Å²) in [7, 11) is 1.65. The number of carbonyl (C=O) groups excluding carboxylic acids is 2. The first-order valence-corrected chi connectivity index (χ1v) is 10.0. The number of amidine groups is 1. The molecule has 2 amide bonds. The van der Waals surface area contributed by atoms with Gasteiger partial charge in [0.1, 0.15) is 5.25 Å². The molecule has 7 nitrogen and oxygen atoms in total. The first kappa shape index (κ1) is 21.2. The van der Waals surface area contributed by atoms with Crippen molar-refractivity contribution < 1.29 is 19.5 Å². The summed E-state index contributed by atoms with van der Waals surface area (Å²) in [5, 5.41) is 12.5. The number of nitrogens with zero attached hydrogens (tertiary/aromatic N) is 2. The van der Waals surface area contributed by atoms with E-state index in [0.29, 0.717) is 26.6 Å². The van der Waals surface area contributed by atoms with Crippen molar-refractivity contribution in [1.29, 1.82) is 0 Å². The maximum absolute atomic E-state index is 12.8. The van der Waals surface area contributed by atoms with Gasteiger partial charge in [0.2, 0.25) is 11.8 Å². The minimum Gasteiger partial charge on any atom is -0.478 e. The molecule has 1 heterocycles. The van der Waals surface area contributed by atoms with Gasteiger partial charge < -0.3 is 10.4 Å². The third-order valence-corrected chi connectivity index (χ3v) is 5.80. The zero-order valence-corrected chi connectivity index (χ0v) is 17.4. The van der Waals surface area contributed by atoms with Gasteiger partial charge in [-0.15, -0.1) is 0 Å². The number of amides is 2. The number of thioether (sulfide) groups is 1. The number of carboxylic acid groups (broad SMARTS) is 1. The third-order valence-electron chi connectivity index (χ3n) is 4.08. The summed E-state index contributed by atoms with van der Waals surface area (Å²) < 4.78 is 0. The quantitative estimate of drug-likeness (QED) is 0.414. The molecule has 10 heteroatoms. The van der Waals surface area contributed by atoms with Gasteiger partial charge >= 0.3 is 5.97 Å². The summed E-state index contributed by atoms with van der Waals surface area (Å²) in [6.07, 6.45) is -0.00579. The highest BCUT2D eigenvalue weighted by atomic mass is 35.5. The number of anilines is 1. The van der Waals surface area contributed by atoms with Crippen LogP contribution >= 0.6 is 35.0 Å². The zero-order chi connectivity index (χ0) is 21.1. The number of carboxylic acids is 1. The molecule has 1 aliphatic heterocycles. The van der Waals surface area contributed by atoms with Gasteiger partial charge in [0.25, 0.3) is 0 Å². The number of rotatable bonds is 4. The van der Waals surface area contributed by atoms with E-state index in [1.807, 2.05) is 0 Å². The number of imide groups is 1. The summed E-state index contributed by atoms with van der Waals surface area (Å²) in [5.74, 6) is -1.85. The Morgan fingerprint density at radius 3 is 2.52 bits per heavy atom. The van der Waals surface area contributed by atoms with E-state index in [1.165, 1.54) is 24.3 Å². The molecular weight excluding hydrogens is 437 g/mol. The second-order valence-corrected chi connectivity index (χ2v) is 8.03. The summed E-state index contributed by atoms with van der Waals surface area (Å²) in [6.45, 7) is 0. The Labute approximate surface area is 180 Å². The first-order chi connectivity index (χ1) is 13.8. The average molecular weight is 452 g/mol. The Bertz CT molecular complexity index is 1010. The molecule has 29 heavy (non-hydrogen) atoms. The van der Waals surface area contributed by atoms with Gasteiger partial charge in [-0.3, -0.25) is 9.59 Å². The van der Waals surface area contributed by atoms with Crippen LogP contribution in [-0.4, -0.2) is 40.4 Å². The van der Waals surface area contributed by atoms with Gasteiger partial charge in [-0.05, 0) is 42.5 Å². The van der Waals surface area contributed by atoms with E-state index in [0.717, 1.165) is 16.7 Å². The van der Waals surface area contributed by atoms with Crippen molar-refractivity contribution in [3.8, 4) is 0 Å². The molecule has 0 radical (unpaired) electrons. The molecule has 1 saturated heterocycles. The fourth-order valence-corrected chi connectivity index (χ4v) is 3.97. The van der Waals surface area contributed by atoms with E-state index in [9.17, 15) is 14.4 Å². The Hall–Kier alpha value is -2.55. The maximum Gasteiger partial charge on any atom is 0.335 e. The molecule has 2 aromatic carbocycles. The van der Waals surface area contributed by atoms with Gasteiger partial charge in [0.05, 0.1) is 22.0 Å². The Balaban J connectivity index is 1.80. The highest BCUT2D eigenvalue weighted by Crippen LogP contribution is 2.33. The number of halogens is 2. The summed E-state index contributed by atoms with van der Waals surface area (Å²) in [5.41, 5.74) is 0.838. The molecule has 0 saturated carbocycles. The molecule has 0 aliphatic carbocycles. The third kappa shape index (κ3) is 4.72. The monoisotopic (exact) mass is 451 g/mol. The number of benzene rings is 2. The van der Waals surface area contributed by atoms with Crippen LogP contribution in [0.15, 0.2) is 47.5 Å². The van der Waals surface area contributed by atoms with Crippen molar-refractivity contribution in [2.45, 2.75) is 11.7 Å². The fraction of sp³-hybridized carbons (Fsp3) is 0.158. The van der Waals surface area contributed by atoms with E-state index < -0.39 is 17.1 Å². The molecule has 1 atom stereocenters. The predicted octanol–water partition coefficient (Wildman–Crippen LogP) is 3.96. The minimum atomic E-state index is -1.08. The predicted molar refractivity (Wildman–Crippen MR) is 115 cm³/mol. The van der Waals surface area contributed by atoms with E-state index in [4.69, 9.17) is 28.3 Å². The van der Waals surface area contributed by atoms with Crippen molar-refractivity contribution in [1.82, 2.24) is 5.32 Å². The van der Waals surface area contributed by atoms with E-state index in [2.05, 4.69) is 10.3 Å². The fourth-order valence-electron chi connectivity index (χ4n) is 2.68. The SMILES string of the molecule is CN/C(=N/c1cc(Cl)ccc1Cl)SC1CC(=O)N(c2ccc(C(=O)O)cc2)C1=O. The molecule has 2 N–H and O–H groups in total. The lowest BCUT2D eigenvalue weighted by atomic mass is 10.2. The van der Waals surface area contributed by atoms with Gasteiger partial charge in [0.15, 0.2) is 5.17 Å². The number of hydrogen-bond acceptors (Lipinski definition) is 5. The van der Waals surface area contributed by atoms with Crippen LogP contribution in [-0.2, 0) is 9.59 Å². The normalized spacial score (nSPS) is 17.0. The molecular formula is C19H15Cl2N3O4S. The van der Waals surface area contributed by atoms with Crippen molar-refractivity contribution >= 4 is 69.3 Å². The molecule has 1 aliphatic rings. The highest BCUT2D eigenvalue weighted by Gasteiger charge is 2.40. The van der Waals surface area contributed by atoms with Crippen LogP contribution in [0.1, 0.15) is 16.8 Å². The Kier molecular flexibility index (Phi) is 6.46. The van der Waals surface area contributed by atoms with E-state index >= 15 is 0 Å². The number of aliphatic imine (C=N–C) groups is 1. The van der Waals surface area contributed by atoms with Gasteiger partial charge in [-0.2, -0.15) is 0 Å². The number of nitrogens with one attached hydrogen (secondary N) is 1. The lowest BCUT2D eigenvalue weighted by molar-refractivity contribution is -0.121. The first-order valence-electron chi connectivity index (χ1n) is 8.38. The molecule has 0 bridgehead atoms. The average Bonchev–Trinajstić information content (AvgIpc) is 2.97. The van der Waals surface area contributed by atoms with Crippen molar-refractivity contribution in [3.63, 3.8) is 0 Å². The standard InChI is InChI=1S/C19H15Cl2N3O4S/c1-22-19(23-14-8-11(20)4-7-13(14)21)29-15-9-16(25)24(17(15)26)12-5-2-10(3-6-12)18(27)28/h2-8,15H,9H2,1H3,(H,22,23)(H,27,28). The van der Waals surface area contributed by atoms with Crippen molar-refractivity contribution in [2.24, 2.45) is 4.99 Å². The lowest BCUT2D eigenvalue weighted by Crippen LogP contribution is -2.32. The van der Waals surface area contributed by atoms with Crippen LogP contribution in [0.25, 0.3) is 0 Å². The van der Waals surface area contributed by atoms with Crippen LogP contribution in [0.4, 0.5) is 11.4 Å². The van der Waals surface area contributed by atoms with Crippen LogP contribution in [0.2, 0.25) is 10.0 Å². The Morgan fingerprint density at radius 1 is 1.21 bits per heavy atom. The second kappa shape index (κ2) is 8.86. The second-order valence-electron chi connectivity index (χ2n) is 5.99. The number of hydrogen-bond donors (Lipinski definition) is 2. The van der Waals surface area contributed by atoms with Crippen LogP contribution in [0.3, 0.4) is 0 Å². The van der Waals surface area contributed by atoms with Crippen molar-refractivity contribution in [2.75, 3.05) is 11.9 Å². The van der Waals surface area contributed by atoms with Crippen LogP contribution in [0, 0.1) is 0 Å². The molecule has 0 spiro atoms. The van der Waals surface area contributed by atoms with E-state index in [-0.39, 0.29) is 17.9 Å². The van der Waals surface area contributed by atoms with Crippen LogP contribution < -0.4 is 10.2 Å². The molecule has 0 aromatic heterocycles. The van der Waals surface area contributed by atoms with Gasteiger partial charge in [-0.1, -0.05) is 35.0 Å². The van der Waals surface area contributed by atoms with Crippen molar-refractivity contribution in [3.05, 3.63) is 58.1 Å². The summed E-state index contributed by atoms with van der Waals surface area (Å²) in [4.78, 5) is 41.6. The molecule has 1 fully saturated rings. The maximum atomic E-state index is 12.8. The smallest absolute Gasteiger partial charge is 0.335 e. The summed E-state index contributed by atoms with van der Waals surface area (Å²) >= 11 is 13.2. The number of carbonyl (C=O) groups is 3. The van der Waals surface area contributed by atoms with Crippen LogP contribution in [0.5, 0.6) is 0 Å². The van der Waals surface area contributed by atoms with Gasteiger partial charge in [0, 0.05) is 18.5 Å². The molecule has 2 aromatic rings. The molecule has 150 valence electrons. The number of aromatic carboxylic acids is 1. The van der Waals surface area contributed by atoms with Gasteiger partial charge in [-0.25, -0.2) is 14.7 Å². The van der Waals surface area contributed by atoms with E-state index in [1.54, 1.807) is 25.2 Å². The largest absolute Gasteiger partial charge is 0.478 e. The highest BCUT2D eigenvalue weighted by molar-refractivity contribution is 8.15. The lowest BCUT2D eigenvalue weighted by Gasteiger charge is -2.15. The Morgan fingerprint density at radius 2 is 1.90 bits per heavy atom. The molecule has 3 rings (SSSR count). The minimum absolute atomic E-state index is 0.00579.